The summed E-state index contributed by atoms with van der Waals surface area (Å²) in [6.45, 7) is 22.2. The van der Waals surface area contributed by atoms with Gasteiger partial charge in [0, 0.05) is 24.2 Å². The summed E-state index contributed by atoms with van der Waals surface area (Å²) in [5.41, 5.74) is 7.28. The van der Waals surface area contributed by atoms with Crippen LogP contribution in [0.1, 0.15) is 86.4 Å². The Morgan fingerprint density at radius 2 is 1.60 bits per heavy atom. The average Bonchev–Trinajstić information content (AvgIpc) is 3.68. The molecule has 2 unspecified atom stereocenters. The van der Waals surface area contributed by atoms with E-state index < -0.39 is 0 Å². The summed E-state index contributed by atoms with van der Waals surface area (Å²) < 4.78 is 31.2. The quantitative estimate of drug-likeness (QED) is 0.193. The van der Waals surface area contributed by atoms with Gasteiger partial charge in [0.1, 0.15) is 17.9 Å². The molecule has 2 heterocycles. The number of aryl methyl sites for hydroxylation is 2. The van der Waals surface area contributed by atoms with Crippen LogP contribution in [0.25, 0.3) is 0 Å². The first-order valence-corrected chi connectivity index (χ1v) is 15.5. The molecule has 0 bridgehead atoms. The summed E-state index contributed by atoms with van der Waals surface area (Å²) >= 11 is 0. The van der Waals surface area contributed by atoms with Gasteiger partial charge in [0.2, 0.25) is 6.79 Å². The Morgan fingerprint density at radius 3 is 2.19 bits per heavy atom. The van der Waals surface area contributed by atoms with E-state index in [-0.39, 0.29) is 31.1 Å². The third-order valence-corrected chi connectivity index (χ3v) is 7.94. The number of rotatable bonds is 8. The van der Waals surface area contributed by atoms with Crippen LogP contribution in [0.5, 0.6) is 17.2 Å². The second-order valence-electron chi connectivity index (χ2n) is 10.1. The standard InChI is InChI=1S/C22H24FNO4.C11H16.C2H6.C2H4/c1-3-26-16-4-5-18(19(23)11-16)20-10-15(12-24(20)8-9-25)17-6-7-21-22(14(17)2)28-13-27-21;1-4-10-7-6-8-11(5-2)9(10)3;2*1-2/h4-7,9,11,15,20H,3,8,10,12-13H2,1-2H3;6-8H,4-5H2,1-3H3;1-2H3;1-2H2. The van der Waals surface area contributed by atoms with Crippen molar-refractivity contribution in [1.82, 2.24) is 4.90 Å². The fraction of sp³-hybridized carbons (Fsp3) is 0.432. The number of hydrogen-bond donors (Lipinski definition) is 0. The highest BCUT2D eigenvalue weighted by Gasteiger charge is 2.36. The molecule has 6 heteroatoms. The lowest BCUT2D eigenvalue weighted by molar-refractivity contribution is -0.109. The van der Waals surface area contributed by atoms with Gasteiger partial charge in [-0.05, 0) is 85.9 Å². The second-order valence-corrected chi connectivity index (χ2v) is 10.1. The second kappa shape index (κ2) is 18.1. The molecule has 3 aromatic carbocycles. The van der Waals surface area contributed by atoms with E-state index in [9.17, 15) is 9.18 Å². The first-order valence-electron chi connectivity index (χ1n) is 15.5. The minimum atomic E-state index is -0.296. The fourth-order valence-electron chi connectivity index (χ4n) is 5.86. The van der Waals surface area contributed by atoms with Crippen molar-refractivity contribution in [1.29, 1.82) is 0 Å². The maximum Gasteiger partial charge on any atom is 0.231 e. The topological polar surface area (TPSA) is 48.0 Å². The normalized spacial score (nSPS) is 16.6. The summed E-state index contributed by atoms with van der Waals surface area (Å²) in [6.07, 6.45) is 3.92. The smallest absolute Gasteiger partial charge is 0.231 e. The lowest BCUT2D eigenvalue weighted by atomic mass is 9.90. The van der Waals surface area contributed by atoms with Crippen LogP contribution in [-0.4, -0.2) is 37.7 Å². The van der Waals surface area contributed by atoms with E-state index in [1.54, 1.807) is 12.1 Å². The van der Waals surface area contributed by atoms with Crippen molar-refractivity contribution in [2.24, 2.45) is 0 Å². The zero-order valence-electron chi connectivity index (χ0n) is 27.2. The summed E-state index contributed by atoms with van der Waals surface area (Å²) in [5, 5.41) is 0. The van der Waals surface area contributed by atoms with Crippen molar-refractivity contribution in [3.63, 3.8) is 0 Å². The number of carbonyl (C=O) groups excluding carboxylic acids is 1. The lowest BCUT2D eigenvalue weighted by Gasteiger charge is -2.23. The molecular formula is C37H50FNO4. The highest BCUT2D eigenvalue weighted by molar-refractivity contribution is 5.54. The van der Waals surface area contributed by atoms with E-state index in [0.717, 1.165) is 48.2 Å². The molecule has 3 aromatic rings. The predicted molar refractivity (Wildman–Crippen MR) is 175 cm³/mol. The Labute approximate surface area is 258 Å². The van der Waals surface area contributed by atoms with Crippen LogP contribution in [0.15, 0.2) is 61.7 Å². The van der Waals surface area contributed by atoms with Gasteiger partial charge in [-0.2, -0.15) is 0 Å². The zero-order valence-corrected chi connectivity index (χ0v) is 27.2. The van der Waals surface area contributed by atoms with Crippen LogP contribution >= 0.6 is 0 Å². The molecule has 5 rings (SSSR count). The SMILES string of the molecule is C=C.CC.CCOc1ccc(C2CC(c3ccc4c(c3C)OCO4)CN2CC=O)c(F)c1.CCc1cccc(CC)c1C. The number of aldehydes is 1. The van der Waals surface area contributed by atoms with Crippen LogP contribution in [0.2, 0.25) is 0 Å². The maximum absolute atomic E-state index is 14.8. The molecule has 0 saturated carbocycles. The van der Waals surface area contributed by atoms with E-state index in [1.165, 1.54) is 22.8 Å². The number of ether oxygens (including phenoxy) is 3. The van der Waals surface area contributed by atoms with Crippen molar-refractivity contribution < 1.29 is 23.4 Å². The Kier molecular flexibility index (Phi) is 15.0. The largest absolute Gasteiger partial charge is 0.494 e. The first-order chi connectivity index (χ1) is 20.9. The number of halogens is 1. The molecule has 0 aliphatic carbocycles. The van der Waals surface area contributed by atoms with Gasteiger partial charge in [-0.15, -0.1) is 13.2 Å². The summed E-state index contributed by atoms with van der Waals surface area (Å²) in [4.78, 5) is 13.3. The van der Waals surface area contributed by atoms with Gasteiger partial charge in [-0.3, -0.25) is 4.90 Å². The molecular weight excluding hydrogens is 541 g/mol. The lowest BCUT2D eigenvalue weighted by Crippen LogP contribution is -2.26. The molecule has 43 heavy (non-hydrogen) atoms. The summed E-state index contributed by atoms with van der Waals surface area (Å²) in [7, 11) is 0. The molecule has 5 nitrogen and oxygen atoms in total. The molecule has 0 radical (unpaired) electrons. The highest BCUT2D eigenvalue weighted by Crippen LogP contribution is 2.46. The molecule has 2 atom stereocenters. The van der Waals surface area contributed by atoms with Crippen LogP contribution in [0, 0.1) is 19.7 Å². The van der Waals surface area contributed by atoms with Crippen LogP contribution in [0.4, 0.5) is 4.39 Å². The molecule has 234 valence electrons. The minimum Gasteiger partial charge on any atom is -0.494 e. The van der Waals surface area contributed by atoms with Crippen LogP contribution in [0.3, 0.4) is 0 Å². The average molecular weight is 592 g/mol. The Morgan fingerprint density at radius 1 is 0.953 bits per heavy atom. The molecule has 0 spiro atoms. The van der Waals surface area contributed by atoms with Gasteiger partial charge in [0.05, 0.1) is 13.2 Å². The molecule has 0 amide bonds. The van der Waals surface area contributed by atoms with Gasteiger partial charge in [0.15, 0.2) is 11.5 Å². The molecule has 2 aliphatic heterocycles. The van der Waals surface area contributed by atoms with E-state index >= 15 is 0 Å². The third-order valence-electron chi connectivity index (χ3n) is 7.94. The predicted octanol–water partition coefficient (Wildman–Crippen LogP) is 8.94. The van der Waals surface area contributed by atoms with Gasteiger partial charge in [-0.1, -0.05) is 58.0 Å². The van der Waals surface area contributed by atoms with Crippen LogP contribution in [-0.2, 0) is 17.6 Å². The van der Waals surface area contributed by atoms with Gasteiger partial charge in [0.25, 0.3) is 0 Å². The summed E-state index contributed by atoms with van der Waals surface area (Å²) in [6, 6.07) is 15.4. The van der Waals surface area contributed by atoms with Gasteiger partial charge >= 0.3 is 0 Å². The van der Waals surface area contributed by atoms with Gasteiger partial charge < -0.3 is 19.0 Å². The third kappa shape index (κ3) is 8.70. The maximum atomic E-state index is 14.8. The van der Waals surface area contributed by atoms with E-state index in [2.05, 4.69) is 58.2 Å². The van der Waals surface area contributed by atoms with Crippen molar-refractivity contribution in [2.75, 3.05) is 26.5 Å². The number of benzene rings is 3. The zero-order chi connectivity index (χ0) is 31.9. The summed E-state index contributed by atoms with van der Waals surface area (Å²) in [5.74, 6) is 1.96. The number of hydrogen-bond acceptors (Lipinski definition) is 5. The van der Waals surface area contributed by atoms with Crippen molar-refractivity contribution in [3.8, 4) is 17.2 Å². The molecule has 0 aromatic heterocycles. The molecule has 1 saturated heterocycles. The van der Waals surface area contributed by atoms with Crippen molar-refractivity contribution >= 4 is 6.29 Å². The first kappa shape index (κ1) is 35.6. The Hall–Kier alpha value is -3.64. The van der Waals surface area contributed by atoms with Crippen LogP contribution < -0.4 is 14.2 Å². The van der Waals surface area contributed by atoms with E-state index in [4.69, 9.17) is 14.2 Å². The number of fused-ring (bicyclic) bond motifs is 1. The highest BCUT2D eigenvalue weighted by atomic mass is 19.1. The van der Waals surface area contributed by atoms with Crippen molar-refractivity contribution in [2.45, 2.75) is 79.7 Å². The van der Waals surface area contributed by atoms with E-state index in [0.29, 0.717) is 24.5 Å². The number of nitrogens with zero attached hydrogens (tertiary/aromatic N) is 1. The monoisotopic (exact) mass is 591 g/mol. The Bertz CT molecular complexity index is 1290. The number of likely N-dealkylation sites (tertiary alicyclic amines) is 1. The molecule has 0 N–H and O–H groups in total. The minimum absolute atomic E-state index is 0.157. The van der Waals surface area contributed by atoms with E-state index in [1.807, 2.05) is 38.7 Å². The van der Waals surface area contributed by atoms with Crippen molar-refractivity contribution in [3.05, 3.63) is 101 Å². The van der Waals surface area contributed by atoms with Gasteiger partial charge in [-0.25, -0.2) is 4.39 Å². The Balaban J connectivity index is 0.000000361. The molecule has 1 fully saturated rings. The fourth-order valence-corrected chi connectivity index (χ4v) is 5.86. The number of carbonyl (C=O) groups is 1. The molecule has 2 aliphatic rings.